The van der Waals surface area contributed by atoms with E-state index in [1.807, 2.05) is 11.0 Å². The molecule has 1 aromatic rings. The number of nitrogens with two attached hydrogens (primary N) is 1. The Morgan fingerprint density at radius 3 is 3.10 bits per heavy atom. The van der Waals surface area contributed by atoms with Crippen molar-refractivity contribution in [1.82, 2.24) is 9.88 Å². The summed E-state index contributed by atoms with van der Waals surface area (Å²) in [6, 6.07) is 3.45. The molecule has 1 atom stereocenters. The number of carboxylic acid groups (broad SMARTS) is 1. The number of nitrogens with zero attached hydrogens (tertiary/aromatic N) is 4. The molecule has 20 heavy (non-hydrogen) atoms. The zero-order valence-corrected chi connectivity index (χ0v) is 10.6. The van der Waals surface area contributed by atoms with Crippen LogP contribution in [0.25, 0.3) is 0 Å². The largest absolute Gasteiger partial charge is 0.487 e. The van der Waals surface area contributed by atoms with Crippen molar-refractivity contribution in [2.45, 2.75) is 6.04 Å². The number of carbonyl (C=O) groups is 1. The van der Waals surface area contributed by atoms with Gasteiger partial charge in [0.1, 0.15) is 12.7 Å². The average Bonchev–Trinajstić information content (AvgIpc) is 2.45. The highest BCUT2D eigenvalue weighted by Crippen LogP contribution is 2.35. The molecule has 1 aromatic heterocycles. The summed E-state index contributed by atoms with van der Waals surface area (Å²) >= 11 is 0. The monoisotopic (exact) mass is 275 g/mol. The minimum Gasteiger partial charge on any atom is -0.487 e. The highest BCUT2D eigenvalue weighted by molar-refractivity contribution is 5.68. The van der Waals surface area contributed by atoms with Crippen molar-refractivity contribution in [3.05, 3.63) is 11.8 Å². The Morgan fingerprint density at radius 2 is 2.40 bits per heavy atom. The summed E-state index contributed by atoms with van der Waals surface area (Å²) < 4.78 is 5.59. The molecular formula is C12H13N5O3. The van der Waals surface area contributed by atoms with Gasteiger partial charge in [-0.25, -0.2) is 9.78 Å². The molecule has 1 saturated heterocycles. The van der Waals surface area contributed by atoms with E-state index in [4.69, 9.17) is 20.8 Å². The van der Waals surface area contributed by atoms with E-state index >= 15 is 0 Å². The fraction of sp³-hybridized carbons (Fsp3) is 0.417. The summed E-state index contributed by atoms with van der Waals surface area (Å²) in [7, 11) is 0. The van der Waals surface area contributed by atoms with Gasteiger partial charge in [0.2, 0.25) is 0 Å². The maximum Gasteiger partial charge on any atom is 0.407 e. The molecule has 1 fully saturated rings. The maximum atomic E-state index is 11.0. The van der Waals surface area contributed by atoms with Crippen molar-refractivity contribution in [1.29, 1.82) is 5.26 Å². The summed E-state index contributed by atoms with van der Waals surface area (Å²) in [6.45, 7) is 1.67. The smallest absolute Gasteiger partial charge is 0.407 e. The van der Waals surface area contributed by atoms with Crippen molar-refractivity contribution >= 4 is 17.6 Å². The standard InChI is InChI=1S/C12H13N5O3/c13-4-9-8(14)3-10-11(15-9)17-2-1-16(12(18)19)5-7(17)6-20-10/h3,7H,1-2,5-6,14H2,(H,18,19)/t7-/m0/s1. The topological polar surface area (TPSA) is 116 Å². The molecule has 104 valence electrons. The number of hydrogen-bond acceptors (Lipinski definition) is 6. The zero-order chi connectivity index (χ0) is 14.3. The normalized spacial score (nSPS) is 20.4. The number of amides is 1. The summed E-state index contributed by atoms with van der Waals surface area (Å²) in [5.41, 5.74) is 6.16. The van der Waals surface area contributed by atoms with E-state index in [1.54, 1.807) is 6.07 Å². The molecule has 3 rings (SSSR count). The van der Waals surface area contributed by atoms with E-state index in [1.165, 1.54) is 4.90 Å². The molecule has 0 aromatic carbocycles. The Kier molecular flexibility index (Phi) is 2.75. The second-order valence-electron chi connectivity index (χ2n) is 4.75. The Bertz CT molecular complexity index is 612. The SMILES string of the molecule is N#Cc1nc2c(cc1N)OC[C@@H]1CN(C(=O)O)CCN21. The van der Waals surface area contributed by atoms with Crippen LogP contribution in [0.5, 0.6) is 5.75 Å². The Balaban J connectivity index is 1.93. The van der Waals surface area contributed by atoms with E-state index in [-0.39, 0.29) is 17.4 Å². The van der Waals surface area contributed by atoms with E-state index < -0.39 is 6.09 Å². The minimum absolute atomic E-state index is 0.0879. The lowest BCUT2D eigenvalue weighted by atomic mass is 10.1. The number of nitrogen functional groups attached to an aromatic ring is 1. The van der Waals surface area contributed by atoms with Crippen LogP contribution in [0.15, 0.2) is 6.07 Å². The molecule has 0 radical (unpaired) electrons. The summed E-state index contributed by atoms with van der Waals surface area (Å²) in [6.07, 6.45) is -0.932. The van der Waals surface area contributed by atoms with E-state index in [0.29, 0.717) is 37.8 Å². The highest BCUT2D eigenvalue weighted by atomic mass is 16.5. The fourth-order valence-electron chi connectivity index (χ4n) is 2.54. The molecule has 3 heterocycles. The third-order valence-corrected chi connectivity index (χ3v) is 3.56. The van der Waals surface area contributed by atoms with Crippen LogP contribution in [-0.2, 0) is 0 Å². The number of piperazine rings is 1. The van der Waals surface area contributed by atoms with Crippen LogP contribution in [0.2, 0.25) is 0 Å². The van der Waals surface area contributed by atoms with E-state index in [2.05, 4.69) is 4.98 Å². The first-order valence-corrected chi connectivity index (χ1v) is 6.18. The number of pyridine rings is 1. The van der Waals surface area contributed by atoms with Crippen molar-refractivity contribution in [3.63, 3.8) is 0 Å². The van der Waals surface area contributed by atoms with Gasteiger partial charge in [-0.2, -0.15) is 5.26 Å². The predicted octanol–water partition coefficient (Wildman–Crippen LogP) is 0.0965. The maximum absolute atomic E-state index is 11.0. The quantitative estimate of drug-likeness (QED) is 0.689. The number of ether oxygens (including phenoxy) is 1. The van der Waals surface area contributed by atoms with Crippen molar-refractivity contribution in [2.24, 2.45) is 0 Å². The zero-order valence-electron chi connectivity index (χ0n) is 10.6. The van der Waals surface area contributed by atoms with Gasteiger partial charge in [-0.05, 0) is 0 Å². The molecule has 2 aliphatic heterocycles. The van der Waals surface area contributed by atoms with Gasteiger partial charge in [0, 0.05) is 25.7 Å². The molecule has 3 N–H and O–H groups in total. The molecular weight excluding hydrogens is 262 g/mol. The van der Waals surface area contributed by atoms with Crippen molar-refractivity contribution in [2.75, 3.05) is 36.9 Å². The van der Waals surface area contributed by atoms with Crippen molar-refractivity contribution in [3.8, 4) is 11.8 Å². The van der Waals surface area contributed by atoms with Crippen LogP contribution < -0.4 is 15.4 Å². The summed E-state index contributed by atoms with van der Waals surface area (Å²) in [5, 5.41) is 18.0. The molecule has 0 aliphatic carbocycles. The number of hydrogen-bond donors (Lipinski definition) is 2. The predicted molar refractivity (Wildman–Crippen MR) is 69.6 cm³/mol. The van der Waals surface area contributed by atoms with Gasteiger partial charge in [0.15, 0.2) is 17.3 Å². The lowest BCUT2D eigenvalue weighted by Crippen LogP contribution is -2.58. The van der Waals surface area contributed by atoms with Gasteiger partial charge in [-0.15, -0.1) is 0 Å². The lowest BCUT2D eigenvalue weighted by molar-refractivity contribution is 0.122. The Hall–Kier alpha value is -2.69. The molecule has 8 nitrogen and oxygen atoms in total. The van der Waals surface area contributed by atoms with Crippen LogP contribution in [0.4, 0.5) is 16.3 Å². The van der Waals surface area contributed by atoms with Crippen LogP contribution in [-0.4, -0.2) is 53.4 Å². The van der Waals surface area contributed by atoms with Gasteiger partial charge in [-0.1, -0.05) is 0 Å². The van der Waals surface area contributed by atoms with Gasteiger partial charge >= 0.3 is 6.09 Å². The molecule has 8 heteroatoms. The molecule has 0 bridgehead atoms. The minimum atomic E-state index is -0.932. The van der Waals surface area contributed by atoms with E-state index in [0.717, 1.165) is 0 Å². The first-order valence-electron chi connectivity index (χ1n) is 6.18. The highest BCUT2D eigenvalue weighted by Gasteiger charge is 2.35. The lowest BCUT2D eigenvalue weighted by Gasteiger charge is -2.43. The van der Waals surface area contributed by atoms with Gasteiger partial charge in [-0.3, -0.25) is 0 Å². The second kappa shape index (κ2) is 4.45. The van der Waals surface area contributed by atoms with Gasteiger partial charge in [0.05, 0.1) is 11.7 Å². The van der Waals surface area contributed by atoms with Crippen LogP contribution in [0.3, 0.4) is 0 Å². The summed E-state index contributed by atoms with van der Waals surface area (Å²) in [4.78, 5) is 18.6. The van der Waals surface area contributed by atoms with Gasteiger partial charge < -0.3 is 25.4 Å². The molecule has 0 spiro atoms. The number of rotatable bonds is 0. The van der Waals surface area contributed by atoms with Crippen LogP contribution >= 0.6 is 0 Å². The number of aromatic nitrogens is 1. The molecule has 1 amide bonds. The molecule has 0 saturated carbocycles. The van der Waals surface area contributed by atoms with Crippen LogP contribution in [0, 0.1) is 11.3 Å². The molecule has 0 unspecified atom stereocenters. The van der Waals surface area contributed by atoms with E-state index in [9.17, 15) is 4.79 Å². The van der Waals surface area contributed by atoms with Gasteiger partial charge in [0.25, 0.3) is 0 Å². The number of nitriles is 1. The Labute approximate surface area is 115 Å². The third-order valence-electron chi connectivity index (χ3n) is 3.56. The molecule has 2 aliphatic rings. The summed E-state index contributed by atoms with van der Waals surface area (Å²) in [5.74, 6) is 1.11. The van der Waals surface area contributed by atoms with Crippen molar-refractivity contribution < 1.29 is 14.6 Å². The average molecular weight is 275 g/mol. The third kappa shape index (κ3) is 1.84. The second-order valence-corrected chi connectivity index (χ2v) is 4.75. The first-order chi connectivity index (χ1) is 9.60. The fourth-order valence-corrected chi connectivity index (χ4v) is 2.54. The first kappa shape index (κ1) is 12.3. The van der Waals surface area contributed by atoms with Crippen LogP contribution in [0.1, 0.15) is 5.69 Å². The Morgan fingerprint density at radius 1 is 1.60 bits per heavy atom. The number of fused-ring (bicyclic) bond motifs is 3. The number of anilines is 2.